The highest BCUT2D eigenvalue weighted by Gasteiger charge is 2.72. The topological polar surface area (TPSA) is 112 Å². The van der Waals surface area contributed by atoms with Gasteiger partial charge >= 0.3 is 36.3 Å². The molecule has 3 aliphatic rings. The molecule has 17 heteroatoms. The molecule has 0 radical (unpaired) electrons. The second kappa shape index (κ2) is 12.9. The number of hydrogen-bond acceptors (Lipinski definition) is 9. The van der Waals surface area contributed by atoms with Gasteiger partial charge in [0, 0.05) is 61.7 Å². The SMILES string of the molecule is CS(=O)CN1C(=O)OC2(CCN(CCOC(c3cccc(C(F)(F)F)c3)c3cccc(C(F)(F)F)c3)CC2)C12OC(=O)C=CC(=O)O2. The van der Waals surface area contributed by atoms with E-state index in [1.54, 1.807) is 0 Å². The summed E-state index contributed by atoms with van der Waals surface area (Å²) in [4.78, 5) is 40.5. The van der Waals surface area contributed by atoms with Gasteiger partial charge in [0.15, 0.2) is 0 Å². The van der Waals surface area contributed by atoms with E-state index < -0.39 is 75.8 Å². The van der Waals surface area contributed by atoms with Gasteiger partial charge in [-0.15, -0.1) is 0 Å². The molecule has 0 aromatic heterocycles. The number of hydrogen-bond donors (Lipinski definition) is 0. The van der Waals surface area contributed by atoms with E-state index >= 15 is 0 Å². The fourth-order valence-corrected chi connectivity index (χ4v) is 6.40. The number of ether oxygens (including phenoxy) is 4. The van der Waals surface area contributed by atoms with Crippen molar-refractivity contribution in [3.05, 3.63) is 82.9 Å². The van der Waals surface area contributed by atoms with Gasteiger partial charge in [-0.1, -0.05) is 24.3 Å². The Labute approximate surface area is 266 Å². The van der Waals surface area contributed by atoms with Gasteiger partial charge < -0.3 is 23.8 Å². The lowest BCUT2D eigenvalue weighted by molar-refractivity contribution is -0.310. The highest BCUT2D eigenvalue weighted by Crippen LogP contribution is 2.48. The molecule has 2 spiro atoms. The lowest BCUT2D eigenvalue weighted by Gasteiger charge is -2.45. The van der Waals surface area contributed by atoms with Crippen LogP contribution in [-0.4, -0.2) is 81.9 Å². The summed E-state index contributed by atoms with van der Waals surface area (Å²) in [6.07, 6.45) is -8.81. The van der Waals surface area contributed by atoms with Crippen LogP contribution in [0.3, 0.4) is 0 Å². The van der Waals surface area contributed by atoms with Gasteiger partial charge in [-0.25, -0.2) is 19.3 Å². The standard InChI is InChI=1S/C30H28F6N2O8S/c1-47(42)18-38-26(41)46-27(30(38)44-23(39)8-9-24(40)45-30)10-12-37(13-11-27)14-15-43-25(19-4-2-6-21(16-19)28(31,32)33)20-5-3-7-22(17-20)29(34,35)36/h2-9,16-17,25H,10-15,18H2,1H3. The fourth-order valence-electron chi connectivity index (χ4n) is 5.76. The number of benzene rings is 2. The van der Waals surface area contributed by atoms with Crippen LogP contribution in [0.2, 0.25) is 0 Å². The maximum Gasteiger partial charge on any atom is 0.417 e. The highest BCUT2D eigenvalue weighted by atomic mass is 32.2. The minimum Gasteiger partial charge on any atom is -0.432 e. The Kier molecular flexibility index (Phi) is 9.45. The molecule has 10 nitrogen and oxygen atoms in total. The predicted octanol–water partition coefficient (Wildman–Crippen LogP) is 4.76. The van der Waals surface area contributed by atoms with Gasteiger partial charge in [-0.05, 0) is 35.4 Å². The lowest BCUT2D eigenvalue weighted by atomic mass is 9.87. The molecule has 5 rings (SSSR count). The molecule has 1 atom stereocenters. The van der Waals surface area contributed by atoms with E-state index in [1.807, 2.05) is 4.90 Å². The first kappa shape index (κ1) is 34.4. The minimum absolute atomic E-state index is 0.00411. The van der Waals surface area contributed by atoms with Crippen LogP contribution in [0, 0.1) is 0 Å². The van der Waals surface area contributed by atoms with Gasteiger partial charge in [0.25, 0.3) is 0 Å². The van der Waals surface area contributed by atoms with Crippen LogP contribution in [0.4, 0.5) is 31.1 Å². The fraction of sp³-hybridized carbons (Fsp3) is 0.433. The molecule has 0 aliphatic carbocycles. The number of fused-ring (bicyclic) bond motifs is 1. The molecule has 3 heterocycles. The highest BCUT2D eigenvalue weighted by molar-refractivity contribution is 7.84. The second-order valence-corrected chi connectivity index (χ2v) is 12.5. The van der Waals surface area contributed by atoms with E-state index in [0.29, 0.717) is 0 Å². The molecule has 0 N–H and O–H groups in total. The molecule has 254 valence electrons. The van der Waals surface area contributed by atoms with Crippen molar-refractivity contribution in [2.75, 3.05) is 38.4 Å². The molecule has 3 aliphatic heterocycles. The van der Waals surface area contributed by atoms with Crippen LogP contribution in [-0.2, 0) is 51.7 Å². The Morgan fingerprint density at radius 3 is 1.83 bits per heavy atom. The first-order chi connectivity index (χ1) is 22.0. The summed E-state index contributed by atoms with van der Waals surface area (Å²) in [5.41, 5.74) is -3.66. The molecule has 1 amide bonds. The zero-order valence-electron chi connectivity index (χ0n) is 24.6. The van der Waals surface area contributed by atoms with E-state index in [0.717, 1.165) is 53.5 Å². The van der Waals surface area contributed by atoms with Crippen LogP contribution in [0.25, 0.3) is 0 Å². The molecule has 2 aromatic carbocycles. The number of piperidine rings is 1. The average Bonchev–Trinajstić information content (AvgIpc) is 3.09. The number of nitrogens with zero attached hydrogens (tertiary/aromatic N) is 2. The normalized spacial score (nSPS) is 20.3. The average molecular weight is 691 g/mol. The quantitative estimate of drug-likeness (QED) is 0.286. The number of carbonyl (C=O) groups excluding carboxylic acids is 3. The number of alkyl halides is 6. The van der Waals surface area contributed by atoms with Gasteiger partial charge in [-0.3, -0.25) is 4.21 Å². The van der Waals surface area contributed by atoms with Crippen molar-refractivity contribution >= 4 is 28.8 Å². The third-order valence-corrected chi connectivity index (χ3v) is 8.59. The first-order valence-electron chi connectivity index (χ1n) is 14.2. The van der Waals surface area contributed by atoms with Crippen molar-refractivity contribution in [1.82, 2.24) is 9.80 Å². The number of carbonyl (C=O) groups is 3. The maximum absolute atomic E-state index is 13.5. The summed E-state index contributed by atoms with van der Waals surface area (Å²) in [6, 6.07) is 8.28. The largest absolute Gasteiger partial charge is 0.432 e. The summed E-state index contributed by atoms with van der Waals surface area (Å²) in [6.45, 7) is 0.322. The van der Waals surface area contributed by atoms with Crippen molar-refractivity contribution < 1.29 is 63.9 Å². The predicted molar refractivity (Wildman–Crippen MR) is 150 cm³/mol. The molecular weight excluding hydrogens is 662 g/mol. The summed E-state index contributed by atoms with van der Waals surface area (Å²) < 4.78 is 116. The number of likely N-dealkylation sites (tertiary alicyclic amines) is 1. The van der Waals surface area contributed by atoms with E-state index in [-0.39, 0.29) is 50.2 Å². The smallest absolute Gasteiger partial charge is 0.417 e. The van der Waals surface area contributed by atoms with Crippen LogP contribution in [0.1, 0.15) is 41.2 Å². The van der Waals surface area contributed by atoms with Gasteiger partial charge in [0.1, 0.15) is 12.0 Å². The summed E-state index contributed by atoms with van der Waals surface area (Å²) in [7, 11) is -1.64. The first-order valence-corrected chi connectivity index (χ1v) is 15.9. The number of esters is 2. The van der Waals surface area contributed by atoms with Crippen molar-refractivity contribution in [1.29, 1.82) is 0 Å². The summed E-state index contributed by atoms with van der Waals surface area (Å²) in [5.74, 6) is -4.79. The second-order valence-electron chi connectivity index (χ2n) is 11.1. The lowest BCUT2D eigenvalue weighted by Crippen LogP contribution is -2.66. The molecule has 2 saturated heterocycles. The zero-order valence-corrected chi connectivity index (χ0v) is 25.5. The van der Waals surface area contributed by atoms with Crippen molar-refractivity contribution in [3.8, 4) is 0 Å². The van der Waals surface area contributed by atoms with Gasteiger partial charge in [0.2, 0.25) is 5.60 Å². The maximum atomic E-state index is 13.5. The van der Waals surface area contributed by atoms with Crippen LogP contribution < -0.4 is 0 Å². The zero-order chi connectivity index (χ0) is 34.2. The van der Waals surface area contributed by atoms with E-state index in [1.165, 1.54) is 18.4 Å². The Morgan fingerprint density at radius 1 is 0.851 bits per heavy atom. The summed E-state index contributed by atoms with van der Waals surface area (Å²) >= 11 is 0. The van der Waals surface area contributed by atoms with Crippen LogP contribution >= 0.6 is 0 Å². The third kappa shape index (κ3) is 7.16. The van der Waals surface area contributed by atoms with Crippen LogP contribution in [0.5, 0.6) is 0 Å². The van der Waals surface area contributed by atoms with Crippen molar-refractivity contribution in [2.45, 2.75) is 42.8 Å². The van der Waals surface area contributed by atoms with E-state index in [9.17, 15) is 44.9 Å². The summed E-state index contributed by atoms with van der Waals surface area (Å²) in [5, 5.41) is 0. The van der Waals surface area contributed by atoms with Crippen LogP contribution in [0.15, 0.2) is 60.7 Å². The van der Waals surface area contributed by atoms with E-state index in [4.69, 9.17) is 18.9 Å². The Hall–Kier alpha value is -3.96. The minimum atomic E-state index is -4.70. The molecule has 1 unspecified atom stereocenters. The molecule has 0 bridgehead atoms. The number of rotatable bonds is 8. The van der Waals surface area contributed by atoms with Crippen molar-refractivity contribution in [2.24, 2.45) is 0 Å². The van der Waals surface area contributed by atoms with Gasteiger partial charge in [0.05, 0.1) is 17.7 Å². The molecule has 2 fully saturated rings. The van der Waals surface area contributed by atoms with Crippen molar-refractivity contribution in [3.63, 3.8) is 0 Å². The number of amides is 1. The molecule has 47 heavy (non-hydrogen) atoms. The molecule has 0 saturated carbocycles. The third-order valence-electron chi connectivity index (χ3n) is 7.97. The molecule has 2 aromatic rings. The van der Waals surface area contributed by atoms with Gasteiger partial charge in [-0.2, -0.15) is 26.3 Å². The van der Waals surface area contributed by atoms with E-state index in [2.05, 4.69) is 0 Å². The Bertz CT molecular complexity index is 1510. The molecular formula is C30H28F6N2O8S. The number of halogens is 6. The Balaban J connectivity index is 1.33. The Morgan fingerprint density at radius 2 is 1.36 bits per heavy atom. The monoisotopic (exact) mass is 690 g/mol.